The maximum Gasteiger partial charge on any atom is 0.315 e. The number of nitrogens with zero attached hydrogens (tertiary/aromatic N) is 2. The van der Waals surface area contributed by atoms with Gasteiger partial charge in [0.1, 0.15) is 0 Å². The van der Waals surface area contributed by atoms with Gasteiger partial charge in [0.2, 0.25) is 5.89 Å². The summed E-state index contributed by atoms with van der Waals surface area (Å²) in [7, 11) is 0. The highest BCUT2D eigenvalue weighted by atomic mass is 16.4. The highest BCUT2D eigenvalue weighted by Crippen LogP contribution is 2.24. The van der Waals surface area contributed by atoms with Crippen LogP contribution in [0.25, 0.3) is 0 Å². The third-order valence-corrected chi connectivity index (χ3v) is 3.89. The molecular formula is C16H22N4O. The minimum Gasteiger partial charge on any atom is -0.406 e. The fourth-order valence-electron chi connectivity index (χ4n) is 2.75. The van der Waals surface area contributed by atoms with Gasteiger partial charge < -0.3 is 15.1 Å². The topological polar surface area (TPSA) is 63.0 Å². The molecule has 1 heterocycles. The van der Waals surface area contributed by atoms with Crippen molar-refractivity contribution in [2.75, 3.05) is 11.9 Å². The highest BCUT2D eigenvalue weighted by molar-refractivity contribution is 5.37. The van der Waals surface area contributed by atoms with E-state index in [9.17, 15) is 0 Å². The number of hydrogen-bond acceptors (Lipinski definition) is 5. The van der Waals surface area contributed by atoms with Crippen LogP contribution in [0.15, 0.2) is 28.7 Å². The van der Waals surface area contributed by atoms with E-state index in [1.807, 2.05) is 6.92 Å². The molecule has 3 rings (SSSR count). The van der Waals surface area contributed by atoms with Gasteiger partial charge in [-0.05, 0) is 43.9 Å². The second-order valence-electron chi connectivity index (χ2n) is 5.64. The Morgan fingerprint density at radius 3 is 2.62 bits per heavy atom. The van der Waals surface area contributed by atoms with Crippen molar-refractivity contribution in [3.63, 3.8) is 0 Å². The Morgan fingerprint density at radius 1 is 1.24 bits per heavy atom. The van der Waals surface area contributed by atoms with Crippen LogP contribution < -0.4 is 10.6 Å². The Hall–Kier alpha value is -1.88. The van der Waals surface area contributed by atoms with Crippen LogP contribution in [0.1, 0.15) is 43.3 Å². The van der Waals surface area contributed by atoms with E-state index < -0.39 is 0 Å². The van der Waals surface area contributed by atoms with E-state index in [-0.39, 0.29) is 6.04 Å². The molecule has 0 spiro atoms. The molecule has 1 aliphatic carbocycles. The van der Waals surface area contributed by atoms with E-state index in [1.165, 1.54) is 11.1 Å². The summed E-state index contributed by atoms with van der Waals surface area (Å²) < 4.78 is 5.71. The predicted molar refractivity (Wildman–Crippen MR) is 82.3 cm³/mol. The quantitative estimate of drug-likeness (QED) is 0.855. The summed E-state index contributed by atoms with van der Waals surface area (Å²) in [6.07, 6.45) is 3.11. The van der Waals surface area contributed by atoms with Gasteiger partial charge in [0.05, 0.1) is 6.04 Å². The van der Waals surface area contributed by atoms with Crippen LogP contribution in [0.5, 0.6) is 0 Å². The first-order valence-corrected chi connectivity index (χ1v) is 7.66. The van der Waals surface area contributed by atoms with Crippen molar-refractivity contribution in [3.8, 4) is 0 Å². The van der Waals surface area contributed by atoms with Gasteiger partial charge in [-0.3, -0.25) is 0 Å². The van der Waals surface area contributed by atoms with Crippen molar-refractivity contribution in [3.05, 3.63) is 41.3 Å². The van der Waals surface area contributed by atoms with Crippen molar-refractivity contribution < 1.29 is 4.42 Å². The van der Waals surface area contributed by atoms with E-state index in [1.54, 1.807) is 0 Å². The van der Waals surface area contributed by atoms with Gasteiger partial charge in [-0.15, -0.1) is 5.10 Å². The molecule has 1 unspecified atom stereocenters. The monoisotopic (exact) mass is 286 g/mol. The molecule has 0 amide bonds. The average molecular weight is 286 g/mol. The minimum absolute atomic E-state index is 0.0915. The predicted octanol–water partition coefficient (Wildman–Crippen LogP) is 2.71. The highest BCUT2D eigenvalue weighted by Gasteiger charge is 2.23. The fourth-order valence-corrected chi connectivity index (χ4v) is 2.75. The molecule has 2 aromatic rings. The SMILES string of the molecule is CCCNC(C)c1nnc(NC2Cc3ccccc3C2)o1. The number of aromatic nitrogens is 2. The van der Waals surface area contributed by atoms with Gasteiger partial charge in [-0.25, -0.2) is 0 Å². The summed E-state index contributed by atoms with van der Waals surface area (Å²) in [5, 5.41) is 14.9. The number of benzene rings is 1. The van der Waals surface area contributed by atoms with Crippen molar-refractivity contribution in [1.82, 2.24) is 15.5 Å². The summed E-state index contributed by atoms with van der Waals surface area (Å²) >= 11 is 0. The van der Waals surface area contributed by atoms with Gasteiger partial charge in [0.15, 0.2) is 0 Å². The summed E-state index contributed by atoms with van der Waals surface area (Å²) in [6, 6.07) is 9.51. The second-order valence-corrected chi connectivity index (χ2v) is 5.64. The van der Waals surface area contributed by atoms with E-state index in [0.29, 0.717) is 17.9 Å². The van der Waals surface area contributed by atoms with Gasteiger partial charge in [-0.2, -0.15) is 0 Å². The maximum atomic E-state index is 5.71. The first kappa shape index (κ1) is 14.1. The number of hydrogen-bond donors (Lipinski definition) is 2. The van der Waals surface area contributed by atoms with Crippen LogP contribution in [0.4, 0.5) is 6.01 Å². The molecule has 5 heteroatoms. The lowest BCUT2D eigenvalue weighted by atomic mass is 10.1. The molecule has 21 heavy (non-hydrogen) atoms. The number of nitrogens with one attached hydrogen (secondary N) is 2. The Kier molecular flexibility index (Phi) is 4.20. The lowest BCUT2D eigenvalue weighted by Gasteiger charge is -2.09. The Balaban J connectivity index is 1.59. The Morgan fingerprint density at radius 2 is 1.95 bits per heavy atom. The molecule has 0 saturated carbocycles. The zero-order valence-corrected chi connectivity index (χ0v) is 12.6. The van der Waals surface area contributed by atoms with Gasteiger partial charge >= 0.3 is 6.01 Å². The molecule has 2 N–H and O–H groups in total. The van der Waals surface area contributed by atoms with E-state index in [0.717, 1.165) is 25.8 Å². The summed E-state index contributed by atoms with van der Waals surface area (Å²) in [4.78, 5) is 0. The number of fused-ring (bicyclic) bond motifs is 1. The van der Waals surface area contributed by atoms with E-state index in [2.05, 4.69) is 52.0 Å². The molecule has 1 aromatic carbocycles. The first-order valence-electron chi connectivity index (χ1n) is 7.66. The van der Waals surface area contributed by atoms with Crippen LogP contribution in [0, 0.1) is 0 Å². The summed E-state index contributed by atoms with van der Waals surface area (Å²) in [5.74, 6) is 0.640. The van der Waals surface area contributed by atoms with Crippen LogP contribution in [-0.2, 0) is 12.8 Å². The van der Waals surface area contributed by atoms with Crippen LogP contribution >= 0.6 is 0 Å². The molecular weight excluding hydrogens is 264 g/mol. The van der Waals surface area contributed by atoms with Crippen molar-refractivity contribution in [1.29, 1.82) is 0 Å². The second kappa shape index (κ2) is 6.26. The third kappa shape index (κ3) is 3.24. The zero-order chi connectivity index (χ0) is 14.7. The summed E-state index contributed by atoms with van der Waals surface area (Å²) in [5.41, 5.74) is 2.82. The van der Waals surface area contributed by atoms with Crippen molar-refractivity contribution >= 4 is 6.01 Å². The fraction of sp³-hybridized carbons (Fsp3) is 0.500. The van der Waals surface area contributed by atoms with Gasteiger partial charge in [0, 0.05) is 6.04 Å². The Labute approximate surface area is 125 Å². The molecule has 5 nitrogen and oxygen atoms in total. The number of anilines is 1. The number of rotatable bonds is 6. The van der Waals surface area contributed by atoms with E-state index in [4.69, 9.17) is 4.42 Å². The molecule has 0 radical (unpaired) electrons. The Bertz CT molecular complexity index is 570. The zero-order valence-electron chi connectivity index (χ0n) is 12.6. The lowest BCUT2D eigenvalue weighted by molar-refractivity contribution is 0.421. The van der Waals surface area contributed by atoms with Gasteiger partial charge in [0.25, 0.3) is 0 Å². The first-order chi connectivity index (χ1) is 10.3. The smallest absolute Gasteiger partial charge is 0.315 e. The van der Waals surface area contributed by atoms with Gasteiger partial charge in [-0.1, -0.05) is 36.3 Å². The molecule has 0 bridgehead atoms. The third-order valence-electron chi connectivity index (χ3n) is 3.89. The molecule has 0 fully saturated rings. The molecule has 1 atom stereocenters. The molecule has 1 aliphatic rings. The van der Waals surface area contributed by atoms with Crippen LogP contribution in [0.2, 0.25) is 0 Å². The molecule has 0 saturated heterocycles. The van der Waals surface area contributed by atoms with E-state index >= 15 is 0 Å². The van der Waals surface area contributed by atoms with Crippen LogP contribution in [0.3, 0.4) is 0 Å². The van der Waals surface area contributed by atoms with Crippen molar-refractivity contribution in [2.45, 2.75) is 45.2 Å². The minimum atomic E-state index is 0.0915. The largest absolute Gasteiger partial charge is 0.406 e. The van der Waals surface area contributed by atoms with Crippen molar-refractivity contribution in [2.24, 2.45) is 0 Å². The summed E-state index contributed by atoms with van der Waals surface area (Å²) in [6.45, 7) is 5.13. The molecule has 112 valence electrons. The lowest BCUT2D eigenvalue weighted by Crippen LogP contribution is -2.20. The molecule has 0 aliphatic heterocycles. The molecule has 1 aromatic heterocycles. The normalized spacial score (nSPS) is 15.9. The standard InChI is InChI=1S/C16H22N4O/c1-3-8-17-11(2)15-19-20-16(21-15)18-14-9-12-6-4-5-7-13(12)10-14/h4-7,11,14,17H,3,8-10H2,1-2H3,(H,18,20). The van der Waals surface area contributed by atoms with Crippen LogP contribution in [-0.4, -0.2) is 22.8 Å². The average Bonchev–Trinajstić information content (AvgIpc) is 3.11. The maximum absolute atomic E-state index is 5.71.